The summed E-state index contributed by atoms with van der Waals surface area (Å²) in [6.45, 7) is 0.658. The summed E-state index contributed by atoms with van der Waals surface area (Å²) in [5, 5.41) is 10.5. The van der Waals surface area contributed by atoms with E-state index in [1.165, 1.54) is 24.8 Å². The number of carbonyl (C=O) groups excluding carboxylic acids is 1. The van der Waals surface area contributed by atoms with Crippen LogP contribution in [0.1, 0.15) is 42.5 Å². The number of halogens is 1. The average molecular weight is 330 g/mol. The van der Waals surface area contributed by atoms with Crippen LogP contribution in [-0.4, -0.2) is 22.6 Å². The molecule has 0 saturated carbocycles. The van der Waals surface area contributed by atoms with Gasteiger partial charge in [0.05, 0.1) is 17.5 Å². The minimum atomic E-state index is -0.106. The molecule has 1 heterocycles. The molecule has 4 nitrogen and oxygen atoms in total. The molecule has 0 fully saturated rings. The first-order valence-corrected chi connectivity index (χ1v) is 8.37. The van der Waals surface area contributed by atoms with E-state index < -0.39 is 0 Å². The molecule has 120 valence electrons. The molecule has 0 unspecified atom stereocenters. The van der Waals surface area contributed by atoms with Gasteiger partial charge in [-0.3, -0.25) is 9.89 Å². The first-order chi connectivity index (χ1) is 11.2. The molecular weight excluding hydrogens is 310 g/mol. The van der Waals surface area contributed by atoms with E-state index in [-0.39, 0.29) is 5.91 Å². The normalized spacial score (nSPS) is 14.4. The summed E-state index contributed by atoms with van der Waals surface area (Å²) in [4.78, 5) is 12.4. The first-order valence-electron chi connectivity index (χ1n) is 7.99. The van der Waals surface area contributed by atoms with Crippen molar-refractivity contribution in [2.24, 2.45) is 0 Å². The standard InChI is InChI=1S/C18H20ClN3O/c19-15-8-4-7-14(11-15)17-16(12-21-22-17)18(23)20-10-9-13-5-2-1-3-6-13/h4-5,7-8,11-12H,1-3,6,9-10H2,(H,20,23)(H,21,22). The molecule has 0 saturated heterocycles. The lowest BCUT2D eigenvalue weighted by Gasteiger charge is -2.13. The Labute approximate surface area is 140 Å². The van der Waals surface area contributed by atoms with Crippen LogP contribution in [0, 0.1) is 0 Å². The van der Waals surface area contributed by atoms with Gasteiger partial charge in [-0.1, -0.05) is 35.4 Å². The van der Waals surface area contributed by atoms with E-state index in [0.717, 1.165) is 18.4 Å². The van der Waals surface area contributed by atoms with Gasteiger partial charge in [0.25, 0.3) is 5.91 Å². The van der Waals surface area contributed by atoms with Crippen LogP contribution in [0.4, 0.5) is 0 Å². The van der Waals surface area contributed by atoms with Crippen LogP contribution >= 0.6 is 11.6 Å². The topological polar surface area (TPSA) is 57.8 Å². The number of benzene rings is 1. The Morgan fingerprint density at radius 1 is 1.35 bits per heavy atom. The molecule has 1 aromatic carbocycles. The van der Waals surface area contributed by atoms with E-state index in [4.69, 9.17) is 11.6 Å². The van der Waals surface area contributed by atoms with Gasteiger partial charge >= 0.3 is 0 Å². The highest BCUT2D eigenvalue weighted by atomic mass is 35.5. The molecule has 0 atom stereocenters. The number of hydrogen-bond acceptors (Lipinski definition) is 2. The Balaban J connectivity index is 1.64. The molecule has 2 aromatic rings. The van der Waals surface area contributed by atoms with Gasteiger partial charge in [0.15, 0.2) is 0 Å². The quantitative estimate of drug-likeness (QED) is 0.801. The number of hydrogen-bond donors (Lipinski definition) is 2. The number of nitrogens with zero attached hydrogens (tertiary/aromatic N) is 1. The number of aromatic nitrogens is 2. The molecule has 0 spiro atoms. The molecule has 1 aromatic heterocycles. The molecule has 0 radical (unpaired) electrons. The molecule has 0 aliphatic heterocycles. The number of amides is 1. The van der Waals surface area contributed by atoms with Gasteiger partial charge in [-0.2, -0.15) is 5.10 Å². The van der Waals surface area contributed by atoms with Crippen LogP contribution in [0.25, 0.3) is 11.3 Å². The lowest BCUT2D eigenvalue weighted by Crippen LogP contribution is -2.25. The second-order valence-corrected chi connectivity index (χ2v) is 6.22. The van der Waals surface area contributed by atoms with Crippen molar-refractivity contribution >= 4 is 17.5 Å². The minimum Gasteiger partial charge on any atom is -0.352 e. The van der Waals surface area contributed by atoms with Gasteiger partial charge in [-0.25, -0.2) is 0 Å². The highest BCUT2D eigenvalue weighted by Crippen LogP contribution is 2.24. The third-order valence-electron chi connectivity index (χ3n) is 4.11. The molecule has 2 N–H and O–H groups in total. The summed E-state index contributed by atoms with van der Waals surface area (Å²) < 4.78 is 0. The Kier molecular flexibility index (Phi) is 5.13. The number of H-pyrrole nitrogens is 1. The van der Waals surface area contributed by atoms with Crippen LogP contribution in [0.15, 0.2) is 42.1 Å². The molecule has 1 amide bonds. The zero-order valence-corrected chi connectivity index (χ0v) is 13.7. The van der Waals surface area contributed by atoms with Crippen molar-refractivity contribution in [1.82, 2.24) is 15.5 Å². The van der Waals surface area contributed by atoms with Crippen LogP contribution in [0.5, 0.6) is 0 Å². The molecule has 0 bridgehead atoms. The summed E-state index contributed by atoms with van der Waals surface area (Å²) in [6, 6.07) is 7.39. The van der Waals surface area contributed by atoms with Crippen molar-refractivity contribution in [2.75, 3.05) is 6.54 Å². The summed E-state index contributed by atoms with van der Waals surface area (Å²) in [7, 11) is 0. The predicted molar refractivity (Wildman–Crippen MR) is 92.5 cm³/mol. The predicted octanol–water partition coefficient (Wildman–Crippen LogP) is 4.35. The van der Waals surface area contributed by atoms with Crippen molar-refractivity contribution in [3.63, 3.8) is 0 Å². The Morgan fingerprint density at radius 3 is 3.04 bits per heavy atom. The number of rotatable bonds is 5. The van der Waals surface area contributed by atoms with Crippen LogP contribution in [0.2, 0.25) is 5.02 Å². The second-order valence-electron chi connectivity index (χ2n) is 5.78. The van der Waals surface area contributed by atoms with Gasteiger partial charge in [0.2, 0.25) is 0 Å². The van der Waals surface area contributed by atoms with E-state index in [1.54, 1.807) is 12.3 Å². The Bertz CT molecular complexity index is 721. The minimum absolute atomic E-state index is 0.106. The molecule has 3 rings (SSSR count). The van der Waals surface area contributed by atoms with Crippen LogP contribution in [0.3, 0.4) is 0 Å². The van der Waals surface area contributed by atoms with Crippen LogP contribution < -0.4 is 5.32 Å². The fourth-order valence-corrected chi connectivity index (χ4v) is 3.08. The molecule has 1 aliphatic carbocycles. The van der Waals surface area contributed by atoms with Crippen molar-refractivity contribution < 1.29 is 4.79 Å². The second kappa shape index (κ2) is 7.47. The molecule has 23 heavy (non-hydrogen) atoms. The molecule has 1 aliphatic rings. The average Bonchev–Trinajstić information content (AvgIpc) is 3.05. The number of allylic oxidation sites excluding steroid dienone is 1. The fourth-order valence-electron chi connectivity index (χ4n) is 2.89. The fraction of sp³-hybridized carbons (Fsp3) is 0.333. The lowest BCUT2D eigenvalue weighted by molar-refractivity contribution is 0.0954. The van der Waals surface area contributed by atoms with Gasteiger partial charge in [0.1, 0.15) is 0 Å². The summed E-state index contributed by atoms with van der Waals surface area (Å²) in [6.07, 6.45) is 9.68. The van der Waals surface area contributed by atoms with E-state index in [1.807, 2.05) is 18.2 Å². The van der Waals surface area contributed by atoms with Gasteiger partial charge in [-0.15, -0.1) is 0 Å². The van der Waals surface area contributed by atoms with E-state index >= 15 is 0 Å². The molecular formula is C18H20ClN3O. The molecule has 5 heteroatoms. The SMILES string of the molecule is O=C(NCCC1=CCCCC1)c1cn[nH]c1-c1cccc(Cl)c1. The highest BCUT2D eigenvalue weighted by molar-refractivity contribution is 6.30. The number of carbonyl (C=O) groups is 1. The smallest absolute Gasteiger partial charge is 0.255 e. The van der Waals surface area contributed by atoms with Crippen LogP contribution in [-0.2, 0) is 0 Å². The van der Waals surface area contributed by atoms with Crippen molar-refractivity contribution in [2.45, 2.75) is 32.1 Å². The maximum absolute atomic E-state index is 12.4. The maximum atomic E-state index is 12.4. The van der Waals surface area contributed by atoms with Gasteiger partial charge < -0.3 is 5.32 Å². The van der Waals surface area contributed by atoms with Crippen molar-refractivity contribution in [3.05, 3.63) is 52.7 Å². The van der Waals surface area contributed by atoms with E-state index in [0.29, 0.717) is 22.8 Å². The lowest BCUT2D eigenvalue weighted by atomic mass is 9.97. The van der Waals surface area contributed by atoms with Gasteiger partial charge in [-0.05, 0) is 44.2 Å². The summed E-state index contributed by atoms with van der Waals surface area (Å²) >= 11 is 6.02. The van der Waals surface area contributed by atoms with Gasteiger partial charge in [0, 0.05) is 17.1 Å². The highest BCUT2D eigenvalue weighted by Gasteiger charge is 2.15. The monoisotopic (exact) mass is 329 g/mol. The largest absolute Gasteiger partial charge is 0.352 e. The zero-order chi connectivity index (χ0) is 16.1. The van der Waals surface area contributed by atoms with Crippen molar-refractivity contribution in [3.8, 4) is 11.3 Å². The van der Waals surface area contributed by atoms with E-state index in [2.05, 4.69) is 21.6 Å². The zero-order valence-electron chi connectivity index (χ0n) is 12.9. The summed E-state index contributed by atoms with van der Waals surface area (Å²) in [5.41, 5.74) is 3.56. The third-order valence-corrected chi connectivity index (χ3v) is 4.35. The third kappa shape index (κ3) is 4.02. The first kappa shape index (κ1) is 15.8. The van der Waals surface area contributed by atoms with E-state index in [9.17, 15) is 4.79 Å². The maximum Gasteiger partial charge on any atom is 0.255 e. The summed E-state index contributed by atoms with van der Waals surface area (Å²) in [5.74, 6) is -0.106. The Morgan fingerprint density at radius 2 is 2.26 bits per heavy atom. The number of nitrogens with one attached hydrogen (secondary N) is 2. The number of aromatic amines is 1. The van der Waals surface area contributed by atoms with Crippen molar-refractivity contribution in [1.29, 1.82) is 0 Å². The Hall–Kier alpha value is -2.07.